The molecule has 0 bridgehead atoms. The van der Waals surface area contributed by atoms with E-state index in [9.17, 15) is 4.39 Å². The highest BCUT2D eigenvalue weighted by Crippen LogP contribution is 2.23. The van der Waals surface area contributed by atoms with Crippen LogP contribution in [0.25, 0.3) is 0 Å². The second kappa shape index (κ2) is 6.50. The van der Waals surface area contributed by atoms with Gasteiger partial charge in [0.05, 0.1) is 0 Å². The highest BCUT2D eigenvalue weighted by Gasteiger charge is 2.18. The molecule has 1 heterocycles. The molecule has 1 aromatic carbocycles. The van der Waals surface area contributed by atoms with Crippen LogP contribution in [0.15, 0.2) is 18.2 Å². The largest absolute Gasteiger partial charge is 0.381 e. The van der Waals surface area contributed by atoms with Crippen LogP contribution in [0.3, 0.4) is 0 Å². The van der Waals surface area contributed by atoms with Crippen molar-refractivity contribution in [3.05, 3.63) is 34.6 Å². The fourth-order valence-corrected chi connectivity index (χ4v) is 2.71. The summed E-state index contributed by atoms with van der Waals surface area (Å²) in [6, 6.07) is 4.58. The third kappa shape index (κ3) is 3.94. The van der Waals surface area contributed by atoms with Gasteiger partial charge in [-0.05, 0) is 49.3 Å². The van der Waals surface area contributed by atoms with Gasteiger partial charge >= 0.3 is 0 Å². The predicted octanol–water partition coefficient (Wildman–Crippen LogP) is 3.17. The molecule has 0 spiro atoms. The second-order valence-electron chi connectivity index (χ2n) is 4.99. The summed E-state index contributed by atoms with van der Waals surface area (Å²) >= 11 is 6.00. The summed E-state index contributed by atoms with van der Waals surface area (Å²) in [5, 5.41) is 0.470. The van der Waals surface area contributed by atoms with E-state index in [-0.39, 0.29) is 11.9 Å². The van der Waals surface area contributed by atoms with Gasteiger partial charge in [-0.25, -0.2) is 4.39 Å². The van der Waals surface area contributed by atoms with E-state index in [1.54, 1.807) is 6.07 Å². The first-order chi connectivity index (χ1) is 8.65. The van der Waals surface area contributed by atoms with Gasteiger partial charge in [-0.2, -0.15) is 0 Å². The number of rotatable bonds is 4. The molecule has 1 aromatic rings. The quantitative estimate of drug-likeness (QED) is 0.913. The Morgan fingerprint density at radius 2 is 2.11 bits per heavy atom. The van der Waals surface area contributed by atoms with Crippen LogP contribution < -0.4 is 5.73 Å². The first-order valence-corrected chi connectivity index (χ1v) is 6.80. The van der Waals surface area contributed by atoms with E-state index in [2.05, 4.69) is 0 Å². The van der Waals surface area contributed by atoms with Crippen molar-refractivity contribution < 1.29 is 9.13 Å². The number of nitrogens with two attached hydrogens (primary N) is 1. The van der Waals surface area contributed by atoms with Crippen molar-refractivity contribution in [2.75, 3.05) is 13.2 Å². The molecule has 0 amide bonds. The van der Waals surface area contributed by atoms with E-state index in [0.717, 1.165) is 38.0 Å². The smallest absolute Gasteiger partial charge is 0.124 e. The topological polar surface area (TPSA) is 35.2 Å². The van der Waals surface area contributed by atoms with Crippen LogP contribution >= 0.6 is 11.6 Å². The molecule has 100 valence electrons. The number of hydrogen-bond donors (Lipinski definition) is 1. The predicted molar refractivity (Wildman–Crippen MR) is 71.2 cm³/mol. The molecule has 0 aliphatic carbocycles. The first kappa shape index (κ1) is 13.8. The number of halogens is 2. The van der Waals surface area contributed by atoms with Crippen LogP contribution in [0.2, 0.25) is 5.02 Å². The maximum absolute atomic E-state index is 12.9. The van der Waals surface area contributed by atoms with E-state index in [0.29, 0.717) is 17.4 Å². The standard InChI is InChI=1S/C14H19ClFNO/c15-14-9-12(16)2-1-11(14)8-13(17)7-10-3-5-18-6-4-10/h1-2,9-10,13H,3-8,17H2. The second-order valence-corrected chi connectivity index (χ2v) is 5.40. The molecule has 1 unspecified atom stereocenters. The van der Waals surface area contributed by atoms with Crippen LogP contribution in [0.4, 0.5) is 4.39 Å². The Bertz CT molecular complexity index is 393. The fraction of sp³-hybridized carbons (Fsp3) is 0.571. The Kier molecular flexibility index (Phi) is 4.98. The molecule has 1 aliphatic rings. The Hall–Kier alpha value is -0.640. The normalized spacial score (nSPS) is 18.8. The van der Waals surface area contributed by atoms with Crippen LogP contribution in [-0.2, 0) is 11.2 Å². The van der Waals surface area contributed by atoms with Gasteiger partial charge in [-0.3, -0.25) is 0 Å². The molecular formula is C14H19ClFNO. The van der Waals surface area contributed by atoms with Gasteiger partial charge in [0.15, 0.2) is 0 Å². The summed E-state index contributed by atoms with van der Waals surface area (Å²) < 4.78 is 18.3. The van der Waals surface area contributed by atoms with E-state index >= 15 is 0 Å². The molecule has 2 rings (SSSR count). The van der Waals surface area contributed by atoms with Crippen molar-refractivity contribution in [3.8, 4) is 0 Å². The third-order valence-corrected chi connectivity index (χ3v) is 3.83. The SMILES string of the molecule is NC(Cc1ccc(F)cc1Cl)CC1CCOCC1. The van der Waals surface area contributed by atoms with Crippen molar-refractivity contribution >= 4 is 11.6 Å². The lowest BCUT2D eigenvalue weighted by Gasteiger charge is -2.25. The molecule has 0 radical (unpaired) electrons. The van der Waals surface area contributed by atoms with Crippen molar-refractivity contribution in [1.82, 2.24) is 0 Å². The van der Waals surface area contributed by atoms with Gasteiger partial charge in [-0.15, -0.1) is 0 Å². The Morgan fingerprint density at radius 1 is 1.39 bits per heavy atom. The summed E-state index contributed by atoms with van der Waals surface area (Å²) in [5.41, 5.74) is 7.08. The molecule has 1 saturated heterocycles. The molecule has 4 heteroatoms. The van der Waals surface area contributed by atoms with Gasteiger partial charge in [0.2, 0.25) is 0 Å². The number of benzene rings is 1. The average Bonchev–Trinajstić information content (AvgIpc) is 2.34. The molecular weight excluding hydrogens is 253 g/mol. The monoisotopic (exact) mass is 271 g/mol. The summed E-state index contributed by atoms with van der Waals surface area (Å²) in [4.78, 5) is 0. The van der Waals surface area contributed by atoms with Crippen molar-refractivity contribution in [2.45, 2.75) is 31.7 Å². The van der Waals surface area contributed by atoms with E-state index in [4.69, 9.17) is 22.1 Å². The lowest BCUT2D eigenvalue weighted by atomic mass is 9.90. The van der Waals surface area contributed by atoms with E-state index < -0.39 is 0 Å². The Labute approximate surface area is 112 Å². The molecule has 0 saturated carbocycles. The van der Waals surface area contributed by atoms with E-state index in [1.807, 2.05) is 0 Å². The van der Waals surface area contributed by atoms with Crippen molar-refractivity contribution in [2.24, 2.45) is 11.7 Å². The third-order valence-electron chi connectivity index (χ3n) is 3.47. The highest BCUT2D eigenvalue weighted by atomic mass is 35.5. The average molecular weight is 272 g/mol. The lowest BCUT2D eigenvalue weighted by Crippen LogP contribution is -2.28. The molecule has 1 aliphatic heterocycles. The van der Waals surface area contributed by atoms with Crippen molar-refractivity contribution in [1.29, 1.82) is 0 Å². The number of ether oxygens (including phenoxy) is 1. The van der Waals surface area contributed by atoms with E-state index in [1.165, 1.54) is 12.1 Å². The highest BCUT2D eigenvalue weighted by molar-refractivity contribution is 6.31. The summed E-state index contributed by atoms with van der Waals surface area (Å²) in [6.45, 7) is 1.68. The fourth-order valence-electron chi connectivity index (χ4n) is 2.46. The summed E-state index contributed by atoms with van der Waals surface area (Å²) in [6.07, 6.45) is 3.86. The summed E-state index contributed by atoms with van der Waals surface area (Å²) in [5.74, 6) is 0.342. The molecule has 2 nitrogen and oxygen atoms in total. The minimum absolute atomic E-state index is 0.0797. The molecule has 2 N–H and O–H groups in total. The maximum atomic E-state index is 12.9. The van der Waals surface area contributed by atoms with Crippen molar-refractivity contribution in [3.63, 3.8) is 0 Å². The van der Waals surface area contributed by atoms with Gasteiger partial charge in [-0.1, -0.05) is 17.7 Å². The Balaban J connectivity index is 1.87. The van der Waals surface area contributed by atoms with Crippen LogP contribution in [0.1, 0.15) is 24.8 Å². The van der Waals surface area contributed by atoms with Gasteiger partial charge in [0.25, 0.3) is 0 Å². The molecule has 1 fully saturated rings. The molecule has 18 heavy (non-hydrogen) atoms. The Morgan fingerprint density at radius 3 is 2.78 bits per heavy atom. The lowest BCUT2D eigenvalue weighted by molar-refractivity contribution is 0.0619. The minimum Gasteiger partial charge on any atom is -0.381 e. The van der Waals surface area contributed by atoms with Gasteiger partial charge in [0.1, 0.15) is 5.82 Å². The molecule has 0 aromatic heterocycles. The maximum Gasteiger partial charge on any atom is 0.124 e. The zero-order valence-electron chi connectivity index (χ0n) is 10.4. The van der Waals surface area contributed by atoms with Crippen LogP contribution in [0.5, 0.6) is 0 Å². The van der Waals surface area contributed by atoms with Gasteiger partial charge in [0, 0.05) is 24.3 Å². The minimum atomic E-state index is -0.304. The van der Waals surface area contributed by atoms with Crippen LogP contribution in [-0.4, -0.2) is 19.3 Å². The van der Waals surface area contributed by atoms with Gasteiger partial charge < -0.3 is 10.5 Å². The zero-order valence-corrected chi connectivity index (χ0v) is 11.1. The number of hydrogen-bond acceptors (Lipinski definition) is 2. The zero-order chi connectivity index (χ0) is 13.0. The van der Waals surface area contributed by atoms with Crippen LogP contribution in [0, 0.1) is 11.7 Å². The molecule has 1 atom stereocenters. The first-order valence-electron chi connectivity index (χ1n) is 6.42. The summed E-state index contributed by atoms with van der Waals surface area (Å²) in [7, 11) is 0.